The summed E-state index contributed by atoms with van der Waals surface area (Å²) in [6, 6.07) is 4.29. The van der Waals surface area contributed by atoms with Crippen LogP contribution in [0.4, 0.5) is 11.9 Å². The van der Waals surface area contributed by atoms with Gasteiger partial charge < -0.3 is 14.5 Å². The number of methoxy groups -OCH3 is 1. The van der Waals surface area contributed by atoms with Gasteiger partial charge in [0.15, 0.2) is 5.82 Å². The molecule has 1 aromatic heterocycles. The van der Waals surface area contributed by atoms with E-state index < -0.39 is 10.0 Å². The lowest BCUT2D eigenvalue weighted by molar-refractivity contribution is 0.414. The zero-order valence-corrected chi connectivity index (χ0v) is 17.6. The number of rotatable bonds is 7. The molecule has 0 bridgehead atoms. The number of ether oxygens (including phenoxy) is 1. The van der Waals surface area contributed by atoms with E-state index in [4.69, 9.17) is 16.3 Å². The number of hydrogen-bond acceptors (Lipinski definition) is 8. The SMILES string of the molecule is COc1ccc(S(=O)(=O)NCc2nc(N(C)C)nc(N3CCCC3)n2)cc1Cl. The molecule has 11 heteroatoms. The molecule has 0 spiro atoms. The molecule has 28 heavy (non-hydrogen) atoms. The number of benzene rings is 1. The van der Waals surface area contributed by atoms with Crippen LogP contribution < -0.4 is 19.3 Å². The van der Waals surface area contributed by atoms with Crippen molar-refractivity contribution >= 4 is 33.5 Å². The second-order valence-electron chi connectivity index (χ2n) is 6.56. The molecule has 1 aliphatic rings. The summed E-state index contributed by atoms with van der Waals surface area (Å²) in [5, 5.41) is 0.219. The zero-order chi connectivity index (χ0) is 20.3. The van der Waals surface area contributed by atoms with Crippen LogP contribution in [0.5, 0.6) is 5.75 Å². The molecule has 2 aromatic rings. The van der Waals surface area contributed by atoms with E-state index in [1.54, 1.807) is 4.90 Å². The molecular formula is C17H23ClN6O3S. The predicted octanol–water partition coefficient (Wildman–Crippen LogP) is 1.68. The molecule has 0 radical (unpaired) electrons. The molecule has 1 saturated heterocycles. The van der Waals surface area contributed by atoms with Crippen molar-refractivity contribution in [2.24, 2.45) is 0 Å². The lowest BCUT2D eigenvalue weighted by Crippen LogP contribution is -2.27. The smallest absolute Gasteiger partial charge is 0.241 e. The molecule has 1 aliphatic heterocycles. The lowest BCUT2D eigenvalue weighted by Gasteiger charge is -2.19. The number of sulfonamides is 1. The van der Waals surface area contributed by atoms with E-state index in [0.29, 0.717) is 23.5 Å². The zero-order valence-electron chi connectivity index (χ0n) is 16.0. The molecule has 1 fully saturated rings. The summed E-state index contributed by atoms with van der Waals surface area (Å²) in [5.41, 5.74) is 0. The van der Waals surface area contributed by atoms with E-state index in [1.165, 1.54) is 25.3 Å². The van der Waals surface area contributed by atoms with Gasteiger partial charge in [0, 0.05) is 27.2 Å². The van der Waals surface area contributed by atoms with Gasteiger partial charge in [-0.15, -0.1) is 0 Å². The Bertz CT molecular complexity index is 948. The normalized spacial score (nSPS) is 14.4. The first-order chi connectivity index (χ1) is 13.3. The number of nitrogens with zero attached hydrogens (tertiary/aromatic N) is 5. The van der Waals surface area contributed by atoms with Gasteiger partial charge in [-0.3, -0.25) is 0 Å². The second-order valence-corrected chi connectivity index (χ2v) is 8.74. The fraction of sp³-hybridized carbons (Fsp3) is 0.471. The Morgan fingerprint density at radius 2 is 1.93 bits per heavy atom. The minimum Gasteiger partial charge on any atom is -0.495 e. The van der Waals surface area contributed by atoms with Crippen molar-refractivity contribution in [2.75, 3.05) is 44.1 Å². The Labute approximate surface area is 169 Å². The highest BCUT2D eigenvalue weighted by molar-refractivity contribution is 7.89. The monoisotopic (exact) mass is 426 g/mol. The van der Waals surface area contributed by atoms with E-state index >= 15 is 0 Å². The van der Waals surface area contributed by atoms with Gasteiger partial charge in [-0.1, -0.05) is 11.6 Å². The van der Waals surface area contributed by atoms with Crippen LogP contribution in [-0.2, 0) is 16.6 Å². The highest BCUT2D eigenvalue weighted by Gasteiger charge is 2.20. The molecule has 0 aliphatic carbocycles. The third-order valence-electron chi connectivity index (χ3n) is 4.30. The van der Waals surface area contributed by atoms with Crippen molar-refractivity contribution in [1.29, 1.82) is 0 Å². The van der Waals surface area contributed by atoms with Gasteiger partial charge in [0.05, 0.1) is 23.6 Å². The maximum atomic E-state index is 12.6. The highest BCUT2D eigenvalue weighted by Crippen LogP contribution is 2.27. The Morgan fingerprint density at radius 3 is 2.54 bits per heavy atom. The molecule has 2 heterocycles. The van der Waals surface area contributed by atoms with Crippen LogP contribution in [0, 0.1) is 0 Å². The van der Waals surface area contributed by atoms with Crippen molar-refractivity contribution < 1.29 is 13.2 Å². The summed E-state index contributed by atoms with van der Waals surface area (Å²) >= 11 is 6.04. The van der Waals surface area contributed by atoms with Crippen LogP contribution in [0.2, 0.25) is 5.02 Å². The Balaban J connectivity index is 1.81. The Morgan fingerprint density at radius 1 is 1.21 bits per heavy atom. The van der Waals surface area contributed by atoms with Crippen molar-refractivity contribution in [2.45, 2.75) is 24.3 Å². The van der Waals surface area contributed by atoms with Crippen molar-refractivity contribution in [3.05, 3.63) is 29.0 Å². The van der Waals surface area contributed by atoms with Gasteiger partial charge in [0.2, 0.25) is 21.9 Å². The summed E-state index contributed by atoms with van der Waals surface area (Å²) in [5.74, 6) is 1.81. The number of aromatic nitrogens is 3. The maximum Gasteiger partial charge on any atom is 0.241 e. The maximum absolute atomic E-state index is 12.6. The molecule has 0 saturated carbocycles. The molecule has 0 unspecified atom stereocenters. The summed E-state index contributed by atoms with van der Waals surface area (Å²) in [6.45, 7) is 1.70. The van der Waals surface area contributed by atoms with Crippen LogP contribution in [0.3, 0.4) is 0 Å². The van der Waals surface area contributed by atoms with E-state index in [0.717, 1.165) is 25.9 Å². The van der Waals surface area contributed by atoms with Gasteiger partial charge in [-0.05, 0) is 31.0 Å². The first-order valence-electron chi connectivity index (χ1n) is 8.80. The van der Waals surface area contributed by atoms with Crippen LogP contribution in [-0.4, -0.2) is 57.7 Å². The van der Waals surface area contributed by atoms with Gasteiger partial charge >= 0.3 is 0 Å². The van der Waals surface area contributed by atoms with Gasteiger partial charge in [-0.25, -0.2) is 13.1 Å². The predicted molar refractivity (Wildman–Crippen MR) is 108 cm³/mol. The topological polar surface area (TPSA) is 101 Å². The summed E-state index contributed by atoms with van der Waals surface area (Å²) in [4.78, 5) is 17.2. The summed E-state index contributed by atoms with van der Waals surface area (Å²) < 4.78 is 32.8. The van der Waals surface area contributed by atoms with Crippen LogP contribution in [0.25, 0.3) is 0 Å². The van der Waals surface area contributed by atoms with Gasteiger partial charge in [0.25, 0.3) is 0 Å². The van der Waals surface area contributed by atoms with Crippen molar-refractivity contribution in [1.82, 2.24) is 19.7 Å². The number of nitrogens with one attached hydrogen (secondary N) is 1. The quantitative estimate of drug-likeness (QED) is 0.713. The van der Waals surface area contributed by atoms with E-state index in [9.17, 15) is 8.42 Å². The van der Waals surface area contributed by atoms with E-state index in [1.807, 2.05) is 14.1 Å². The fourth-order valence-corrected chi connectivity index (χ4v) is 4.12. The first kappa shape index (κ1) is 20.6. The van der Waals surface area contributed by atoms with Crippen molar-refractivity contribution in [3.63, 3.8) is 0 Å². The van der Waals surface area contributed by atoms with E-state index in [2.05, 4.69) is 24.6 Å². The minimum atomic E-state index is -3.79. The molecule has 0 atom stereocenters. The molecule has 0 amide bonds. The van der Waals surface area contributed by atoms with Gasteiger partial charge in [0.1, 0.15) is 5.75 Å². The molecule has 152 valence electrons. The number of halogens is 1. The Kier molecular flexibility index (Phi) is 6.21. The van der Waals surface area contributed by atoms with Crippen LogP contribution >= 0.6 is 11.6 Å². The van der Waals surface area contributed by atoms with Gasteiger partial charge in [-0.2, -0.15) is 15.0 Å². The number of anilines is 2. The van der Waals surface area contributed by atoms with Crippen LogP contribution in [0.15, 0.2) is 23.1 Å². The molecule has 9 nitrogen and oxygen atoms in total. The molecular weight excluding hydrogens is 404 g/mol. The third kappa shape index (κ3) is 4.62. The number of hydrogen-bond donors (Lipinski definition) is 1. The second kappa shape index (κ2) is 8.46. The van der Waals surface area contributed by atoms with Crippen LogP contribution in [0.1, 0.15) is 18.7 Å². The minimum absolute atomic E-state index is 0.0416. The third-order valence-corrected chi connectivity index (χ3v) is 6.00. The molecule has 1 N–H and O–H groups in total. The average Bonchev–Trinajstić information content (AvgIpc) is 3.21. The largest absolute Gasteiger partial charge is 0.495 e. The molecule has 3 rings (SSSR count). The Hall–Kier alpha value is -2.17. The average molecular weight is 427 g/mol. The lowest BCUT2D eigenvalue weighted by atomic mass is 10.3. The fourth-order valence-electron chi connectivity index (χ4n) is 2.79. The van der Waals surface area contributed by atoms with E-state index in [-0.39, 0.29) is 16.5 Å². The summed E-state index contributed by atoms with van der Waals surface area (Å²) in [6.07, 6.45) is 2.17. The highest BCUT2D eigenvalue weighted by atomic mass is 35.5. The van der Waals surface area contributed by atoms with Crippen molar-refractivity contribution in [3.8, 4) is 5.75 Å². The summed E-state index contributed by atoms with van der Waals surface area (Å²) in [7, 11) is 1.34. The standard InChI is InChI=1S/C17H23ClN6O3S/c1-23(2)16-20-15(21-17(22-16)24-8-4-5-9-24)11-19-28(25,26)12-6-7-14(27-3)13(18)10-12/h6-7,10,19H,4-5,8-9,11H2,1-3H3. The molecule has 1 aromatic carbocycles. The first-order valence-corrected chi connectivity index (χ1v) is 10.7.